The molecule has 0 saturated carbocycles. The first-order valence-corrected chi connectivity index (χ1v) is 11.3. The van der Waals surface area contributed by atoms with Crippen molar-refractivity contribution in [2.75, 3.05) is 15.6 Å². The Bertz CT molecular complexity index is 1200. The normalized spacial score (nSPS) is 20.1. The van der Waals surface area contributed by atoms with Gasteiger partial charge in [0.2, 0.25) is 10.8 Å². The quantitative estimate of drug-likeness (QED) is 0.591. The average Bonchev–Trinajstić information content (AvgIpc) is 3.26. The Hall–Kier alpha value is -3.12. The van der Waals surface area contributed by atoms with Crippen LogP contribution in [0.4, 0.5) is 15.8 Å². The van der Waals surface area contributed by atoms with Gasteiger partial charge in [0.1, 0.15) is 5.82 Å². The van der Waals surface area contributed by atoms with Crippen molar-refractivity contribution in [3.63, 3.8) is 0 Å². The number of hydrogen-bond acceptors (Lipinski definition) is 3. The Morgan fingerprint density at radius 3 is 2.58 bits per heavy atom. The van der Waals surface area contributed by atoms with E-state index in [0.717, 1.165) is 23.2 Å². The largest absolute Gasteiger partial charge is 0.304 e. The van der Waals surface area contributed by atoms with E-state index in [-0.39, 0.29) is 29.9 Å². The third kappa shape index (κ3) is 2.97. The minimum Gasteiger partial charge on any atom is -0.304 e. The number of rotatable bonds is 4. The summed E-state index contributed by atoms with van der Waals surface area (Å²) in [6.07, 6.45) is 0.833. The molecule has 156 valence electrons. The minimum absolute atomic E-state index is 0.103. The second-order valence-electron chi connectivity index (χ2n) is 7.69. The first-order valence-electron chi connectivity index (χ1n) is 10.3. The lowest BCUT2D eigenvalue weighted by Gasteiger charge is -2.33. The maximum absolute atomic E-state index is 14.4. The lowest BCUT2D eigenvalue weighted by molar-refractivity contribution is -0.123. The fourth-order valence-electron chi connectivity index (χ4n) is 4.42. The molecule has 2 aliphatic rings. The van der Waals surface area contributed by atoms with Crippen LogP contribution in [0.1, 0.15) is 23.6 Å². The van der Waals surface area contributed by atoms with E-state index in [1.165, 1.54) is 17.8 Å². The molecule has 2 aliphatic heterocycles. The first-order chi connectivity index (χ1) is 15.1. The van der Waals surface area contributed by atoms with Gasteiger partial charge in [-0.2, -0.15) is 0 Å². The van der Waals surface area contributed by atoms with Gasteiger partial charge < -0.3 is 4.90 Å². The van der Waals surface area contributed by atoms with Crippen LogP contribution in [0.25, 0.3) is 0 Å². The lowest BCUT2D eigenvalue weighted by Crippen LogP contribution is -2.49. The van der Waals surface area contributed by atoms with Crippen LogP contribution < -0.4 is 9.80 Å². The molecule has 1 fully saturated rings. The summed E-state index contributed by atoms with van der Waals surface area (Å²) in [6, 6.07) is 21.8. The second kappa shape index (κ2) is 7.54. The summed E-state index contributed by atoms with van der Waals surface area (Å²) in [6.45, 7) is 2.17. The molecule has 3 aromatic carbocycles. The van der Waals surface area contributed by atoms with E-state index in [1.807, 2.05) is 48.5 Å². The highest BCUT2D eigenvalue weighted by atomic mass is 32.2. The van der Waals surface area contributed by atoms with E-state index < -0.39 is 4.87 Å². The zero-order chi connectivity index (χ0) is 21.6. The first kappa shape index (κ1) is 19.8. The number of anilines is 2. The SMILES string of the molecule is CCc1cccc(N2C(=O)CS[C@@]23C(=O)N(Cc2ccccc2F)c2ccccc23)c1. The fraction of sp³-hybridized carbons (Fsp3) is 0.200. The monoisotopic (exact) mass is 432 g/mol. The zero-order valence-electron chi connectivity index (χ0n) is 17.0. The molecule has 31 heavy (non-hydrogen) atoms. The smallest absolute Gasteiger partial charge is 0.269 e. The number of aryl methyl sites for hydroxylation is 1. The molecule has 1 atom stereocenters. The van der Waals surface area contributed by atoms with Gasteiger partial charge in [-0.25, -0.2) is 4.39 Å². The molecule has 1 spiro atoms. The molecular formula is C25H21FN2O2S. The molecule has 2 amide bonds. The maximum atomic E-state index is 14.4. The van der Waals surface area contributed by atoms with Crippen molar-refractivity contribution < 1.29 is 14.0 Å². The standard InChI is InChI=1S/C25H21FN2O2S/c1-2-17-8-7-10-19(14-17)28-23(29)16-31-25(28)20-11-4-6-13-22(20)27(24(25)30)15-18-9-3-5-12-21(18)26/h3-14H,2,15-16H2,1H3/t25-/m0/s1. The highest BCUT2D eigenvalue weighted by Crippen LogP contribution is 2.56. The zero-order valence-corrected chi connectivity index (χ0v) is 17.9. The number of carbonyl (C=O) groups excluding carboxylic acids is 2. The molecule has 0 N–H and O–H groups in total. The number of amides is 2. The summed E-state index contributed by atoms with van der Waals surface area (Å²) in [5.74, 6) is -0.454. The van der Waals surface area contributed by atoms with Crippen molar-refractivity contribution in [2.24, 2.45) is 0 Å². The number of benzene rings is 3. The molecule has 4 nitrogen and oxygen atoms in total. The molecule has 3 aromatic rings. The van der Waals surface area contributed by atoms with E-state index >= 15 is 0 Å². The number of para-hydroxylation sites is 1. The molecule has 0 radical (unpaired) electrons. The van der Waals surface area contributed by atoms with Gasteiger partial charge in [-0.05, 0) is 36.2 Å². The minimum atomic E-state index is -1.18. The summed E-state index contributed by atoms with van der Waals surface area (Å²) >= 11 is 1.34. The van der Waals surface area contributed by atoms with E-state index in [1.54, 1.807) is 28.0 Å². The second-order valence-corrected chi connectivity index (χ2v) is 8.85. The lowest BCUT2D eigenvalue weighted by atomic mass is 10.0. The topological polar surface area (TPSA) is 40.6 Å². The van der Waals surface area contributed by atoms with E-state index in [0.29, 0.717) is 11.3 Å². The number of carbonyl (C=O) groups is 2. The van der Waals surface area contributed by atoms with Crippen molar-refractivity contribution in [1.82, 2.24) is 0 Å². The van der Waals surface area contributed by atoms with Crippen LogP contribution in [0, 0.1) is 5.82 Å². The maximum Gasteiger partial charge on any atom is 0.269 e. The van der Waals surface area contributed by atoms with Crippen molar-refractivity contribution in [2.45, 2.75) is 24.8 Å². The van der Waals surface area contributed by atoms with Crippen molar-refractivity contribution in [3.8, 4) is 0 Å². The van der Waals surface area contributed by atoms with Crippen molar-refractivity contribution >= 4 is 35.0 Å². The Labute approximate surface area is 184 Å². The Morgan fingerprint density at radius 1 is 1.00 bits per heavy atom. The molecule has 6 heteroatoms. The van der Waals surface area contributed by atoms with Gasteiger partial charge in [0, 0.05) is 16.8 Å². The van der Waals surface area contributed by atoms with Gasteiger partial charge in [-0.15, -0.1) is 11.8 Å². The Kier molecular flexibility index (Phi) is 4.82. The predicted molar refractivity (Wildman–Crippen MR) is 121 cm³/mol. The summed E-state index contributed by atoms with van der Waals surface area (Å²) < 4.78 is 14.4. The fourth-order valence-corrected chi connectivity index (χ4v) is 5.78. The Morgan fingerprint density at radius 2 is 1.77 bits per heavy atom. The van der Waals surface area contributed by atoms with Crippen LogP contribution >= 0.6 is 11.8 Å². The van der Waals surface area contributed by atoms with Gasteiger partial charge >= 0.3 is 0 Å². The van der Waals surface area contributed by atoms with E-state index in [4.69, 9.17) is 0 Å². The molecule has 5 rings (SSSR count). The van der Waals surface area contributed by atoms with Gasteiger partial charge in [0.25, 0.3) is 5.91 Å². The van der Waals surface area contributed by atoms with Crippen LogP contribution in [0.5, 0.6) is 0 Å². The van der Waals surface area contributed by atoms with Crippen molar-refractivity contribution in [1.29, 1.82) is 0 Å². The summed E-state index contributed by atoms with van der Waals surface area (Å²) in [7, 11) is 0. The number of fused-ring (bicyclic) bond motifs is 2. The van der Waals surface area contributed by atoms with Gasteiger partial charge in [0.15, 0.2) is 0 Å². The number of nitrogens with zero attached hydrogens (tertiary/aromatic N) is 2. The highest BCUT2D eigenvalue weighted by molar-refractivity contribution is 8.02. The number of halogens is 1. The third-order valence-corrected chi connectivity index (χ3v) is 7.31. The number of hydrogen-bond donors (Lipinski definition) is 0. The average molecular weight is 433 g/mol. The summed E-state index contributed by atoms with van der Waals surface area (Å²) in [4.78, 5) is 29.1. The van der Waals surface area contributed by atoms with Crippen LogP contribution in [0.3, 0.4) is 0 Å². The molecule has 2 heterocycles. The van der Waals surface area contributed by atoms with Crippen LogP contribution in [-0.2, 0) is 27.4 Å². The molecule has 0 bridgehead atoms. The molecule has 0 aromatic heterocycles. The van der Waals surface area contributed by atoms with Crippen molar-refractivity contribution in [3.05, 3.63) is 95.3 Å². The predicted octanol–water partition coefficient (Wildman–Crippen LogP) is 4.87. The highest BCUT2D eigenvalue weighted by Gasteiger charge is 2.60. The molecular weight excluding hydrogens is 411 g/mol. The Balaban J connectivity index is 1.65. The summed E-state index contributed by atoms with van der Waals surface area (Å²) in [5, 5.41) is 0. The third-order valence-electron chi connectivity index (χ3n) is 5.93. The van der Waals surface area contributed by atoms with Crippen LogP contribution in [0.15, 0.2) is 72.8 Å². The molecule has 1 saturated heterocycles. The van der Waals surface area contributed by atoms with Gasteiger partial charge in [-0.1, -0.05) is 55.5 Å². The van der Waals surface area contributed by atoms with Gasteiger partial charge in [0.05, 0.1) is 18.0 Å². The van der Waals surface area contributed by atoms with Crippen LogP contribution in [-0.4, -0.2) is 17.6 Å². The number of thioether (sulfide) groups is 1. The van der Waals surface area contributed by atoms with Crippen LogP contribution in [0.2, 0.25) is 0 Å². The van der Waals surface area contributed by atoms with E-state index in [9.17, 15) is 14.0 Å². The van der Waals surface area contributed by atoms with E-state index in [2.05, 4.69) is 6.92 Å². The summed E-state index contributed by atoms with van der Waals surface area (Å²) in [5.41, 5.74) is 3.74. The molecule has 0 aliphatic carbocycles. The van der Waals surface area contributed by atoms with Gasteiger partial charge in [-0.3, -0.25) is 14.5 Å². The molecule has 0 unspecified atom stereocenters.